The molecule has 3 fully saturated rings. The van der Waals surface area contributed by atoms with Crippen LogP contribution in [0.4, 0.5) is 14.6 Å². The summed E-state index contributed by atoms with van der Waals surface area (Å²) in [6.45, 7) is 4.40. The number of hydrogen-bond donors (Lipinski definition) is 2. The van der Waals surface area contributed by atoms with Crippen LogP contribution in [0.1, 0.15) is 38.2 Å². The smallest absolute Gasteiger partial charge is 0.164 e. The quantitative estimate of drug-likeness (QED) is 0.342. The Morgan fingerprint density at radius 2 is 1.68 bits per heavy atom. The normalized spacial score (nSPS) is 24.0. The summed E-state index contributed by atoms with van der Waals surface area (Å²) in [6, 6.07) is 12.8. The zero-order valence-electron chi connectivity index (χ0n) is 19.4. The summed E-state index contributed by atoms with van der Waals surface area (Å²) in [5.74, 6) is 1.97. The second-order valence-electron chi connectivity index (χ2n) is 10.0. The molecule has 2 atom stereocenters. The van der Waals surface area contributed by atoms with Gasteiger partial charge in [-0.3, -0.25) is 0 Å². The number of aromatic amines is 1. The van der Waals surface area contributed by atoms with E-state index in [1.165, 1.54) is 37.3 Å². The van der Waals surface area contributed by atoms with Gasteiger partial charge < -0.3 is 10.3 Å². The zero-order valence-corrected chi connectivity index (χ0v) is 19.4. The molecule has 0 unspecified atom stereocenters. The number of hydrogen-bond acceptors (Lipinski definition) is 3. The molecular weight excluding hydrogens is 430 g/mol. The lowest BCUT2D eigenvalue weighted by Gasteiger charge is -2.47. The molecule has 0 amide bonds. The Balaban J connectivity index is 1.47. The van der Waals surface area contributed by atoms with Gasteiger partial charge in [-0.15, -0.1) is 0 Å². The molecule has 0 spiro atoms. The predicted octanol–water partition coefficient (Wildman–Crippen LogP) is 7.12. The van der Waals surface area contributed by atoms with Gasteiger partial charge in [0, 0.05) is 40.9 Å². The second kappa shape index (κ2) is 8.19. The van der Waals surface area contributed by atoms with Gasteiger partial charge >= 0.3 is 0 Å². The maximum atomic E-state index is 14.4. The first-order valence-electron chi connectivity index (χ1n) is 12.2. The van der Waals surface area contributed by atoms with Crippen molar-refractivity contribution in [2.45, 2.75) is 45.6 Å². The van der Waals surface area contributed by atoms with Gasteiger partial charge in [0.25, 0.3) is 0 Å². The molecule has 7 rings (SSSR count). The van der Waals surface area contributed by atoms with Crippen LogP contribution >= 0.6 is 0 Å². The highest BCUT2D eigenvalue weighted by Crippen LogP contribution is 2.46. The Labute approximate surface area is 197 Å². The van der Waals surface area contributed by atoms with E-state index < -0.39 is 11.6 Å². The van der Waals surface area contributed by atoms with Crippen LogP contribution < -0.4 is 5.32 Å². The molecule has 0 radical (unpaired) electrons. The summed E-state index contributed by atoms with van der Waals surface area (Å²) >= 11 is 0. The van der Waals surface area contributed by atoms with Crippen LogP contribution in [-0.2, 0) is 0 Å². The van der Waals surface area contributed by atoms with E-state index in [1.807, 2.05) is 18.2 Å². The number of rotatable bonds is 4. The first kappa shape index (κ1) is 21.3. The fourth-order valence-corrected chi connectivity index (χ4v) is 6.03. The van der Waals surface area contributed by atoms with Crippen molar-refractivity contribution >= 4 is 16.7 Å². The van der Waals surface area contributed by atoms with Crippen molar-refractivity contribution in [2.24, 2.45) is 17.8 Å². The van der Waals surface area contributed by atoms with E-state index in [1.54, 1.807) is 6.20 Å². The molecule has 2 bridgehead atoms. The fourth-order valence-electron chi connectivity index (χ4n) is 6.03. The number of benzene rings is 2. The highest BCUT2D eigenvalue weighted by atomic mass is 19.1. The molecule has 2 aromatic heterocycles. The SMILES string of the molecule is Cc1ccc(-c2cc(N[C@@H]3C4CCC(CC4)[C@H]3C)nc(-c3c[nH]c4c(F)cc(F)cc34)n2)cc1. The second-order valence-corrected chi connectivity index (χ2v) is 10.0. The van der Waals surface area contributed by atoms with Crippen LogP contribution in [0.2, 0.25) is 0 Å². The van der Waals surface area contributed by atoms with Gasteiger partial charge in [-0.1, -0.05) is 36.8 Å². The van der Waals surface area contributed by atoms with Gasteiger partial charge in [-0.2, -0.15) is 0 Å². The van der Waals surface area contributed by atoms with Crippen LogP contribution in [0.3, 0.4) is 0 Å². The minimum Gasteiger partial charge on any atom is -0.367 e. The largest absolute Gasteiger partial charge is 0.367 e. The van der Waals surface area contributed by atoms with Crippen LogP contribution in [0.25, 0.3) is 33.5 Å². The Morgan fingerprint density at radius 3 is 2.41 bits per heavy atom. The van der Waals surface area contributed by atoms with Crippen LogP contribution in [0.5, 0.6) is 0 Å². The molecule has 34 heavy (non-hydrogen) atoms. The number of aromatic nitrogens is 3. The molecule has 6 heteroatoms. The van der Waals surface area contributed by atoms with Crippen molar-refractivity contribution in [2.75, 3.05) is 5.32 Å². The number of anilines is 1. The molecule has 4 aromatic rings. The van der Waals surface area contributed by atoms with E-state index in [9.17, 15) is 8.78 Å². The monoisotopic (exact) mass is 458 g/mol. The standard InChI is InChI=1S/C28H28F2N4/c1-15-3-5-18(6-4-15)24-13-25(33-26-16(2)17-7-9-19(26)10-8-17)34-28(32-24)22-14-31-27-21(22)11-20(29)12-23(27)30/h3-6,11-14,16-17,19,26,31H,7-10H2,1-2H3,(H,32,33,34)/t16-,17?,19?,26+/m1/s1. The summed E-state index contributed by atoms with van der Waals surface area (Å²) in [5.41, 5.74) is 3.78. The molecule has 2 N–H and O–H groups in total. The lowest BCUT2D eigenvalue weighted by Crippen LogP contribution is -2.47. The molecule has 2 aromatic carbocycles. The first-order valence-corrected chi connectivity index (χ1v) is 12.2. The summed E-state index contributed by atoms with van der Waals surface area (Å²) in [7, 11) is 0. The first-order chi connectivity index (χ1) is 16.5. The van der Waals surface area contributed by atoms with E-state index in [0.29, 0.717) is 34.7 Å². The Bertz CT molecular complexity index is 1350. The number of halogens is 2. The number of aryl methyl sites for hydroxylation is 1. The summed E-state index contributed by atoms with van der Waals surface area (Å²) < 4.78 is 28.4. The average Bonchev–Trinajstić information content (AvgIpc) is 3.26. The molecule has 3 aliphatic rings. The average molecular weight is 459 g/mol. The minimum atomic E-state index is -0.624. The summed E-state index contributed by atoms with van der Waals surface area (Å²) in [6.07, 6.45) is 6.82. The molecule has 2 heterocycles. The molecule has 4 nitrogen and oxygen atoms in total. The maximum Gasteiger partial charge on any atom is 0.164 e. The molecular formula is C28H28F2N4. The van der Waals surface area contributed by atoms with Crippen LogP contribution in [0.15, 0.2) is 48.7 Å². The molecule has 3 saturated carbocycles. The fraction of sp³-hybridized carbons (Fsp3) is 0.357. The van der Waals surface area contributed by atoms with Gasteiger partial charge in [0.2, 0.25) is 0 Å². The maximum absolute atomic E-state index is 14.4. The minimum absolute atomic E-state index is 0.258. The molecule has 3 aliphatic carbocycles. The van der Waals surface area contributed by atoms with Crippen molar-refractivity contribution < 1.29 is 8.78 Å². The van der Waals surface area contributed by atoms with E-state index in [2.05, 4.69) is 36.3 Å². The van der Waals surface area contributed by atoms with E-state index in [0.717, 1.165) is 29.1 Å². The van der Waals surface area contributed by atoms with Gasteiger partial charge in [-0.25, -0.2) is 18.7 Å². The molecule has 0 aliphatic heterocycles. The van der Waals surface area contributed by atoms with Crippen LogP contribution in [-0.4, -0.2) is 21.0 Å². The Hall–Kier alpha value is -3.28. The van der Waals surface area contributed by atoms with Gasteiger partial charge in [0.05, 0.1) is 11.2 Å². The zero-order chi connectivity index (χ0) is 23.4. The lowest BCUT2D eigenvalue weighted by molar-refractivity contribution is 0.0928. The van der Waals surface area contributed by atoms with E-state index >= 15 is 0 Å². The predicted molar refractivity (Wildman–Crippen MR) is 131 cm³/mol. The van der Waals surface area contributed by atoms with Gasteiger partial charge in [-0.05, 0) is 56.4 Å². The van der Waals surface area contributed by atoms with Crippen molar-refractivity contribution in [1.29, 1.82) is 0 Å². The summed E-state index contributed by atoms with van der Waals surface area (Å²) in [4.78, 5) is 12.6. The number of nitrogens with zero attached hydrogens (tertiary/aromatic N) is 2. The Morgan fingerprint density at radius 1 is 0.941 bits per heavy atom. The van der Waals surface area contributed by atoms with Gasteiger partial charge in [0.1, 0.15) is 17.5 Å². The van der Waals surface area contributed by atoms with E-state index in [4.69, 9.17) is 9.97 Å². The number of fused-ring (bicyclic) bond motifs is 4. The Kier molecular flexibility index (Phi) is 5.12. The number of nitrogens with one attached hydrogen (secondary N) is 2. The van der Waals surface area contributed by atoms with Crippen molar-refractivity contribution in [3.05, 3.63) is 65.9 Å². The highest BCUT2D eigenvalue weighted by Gasteiger charge is 2.41. The molecule has 0 saturated heterocycles. The van der Waals surface area contributed by atoms with Crippen molar-refractivity contribution in [1.82, 2.24) is 15.0 Å². The highest BCUT2D eigenvalue weighted by molar-refractivity contribution is 5.94. The molecule has 174 valence electrons. The number of H-pyrrole nitrogens is 1. The van der Waals surface area contributed by atoms with Crippen molar-refractivity contribution in [3.63, 3.8) is 0 Å². The van der Waals surface area contributed by atoms with E-state index in [-0.39, 0.29) is 5.52 Å². The van der Waals surface area contributed by atoms with Crippen molar-refractivity contribution in [3.8, 4) is 22.6 Å². The lowest BCUT2D eigenvalue weighted by atomic mass is 9.62. The third kappa shape index (κ3) is 3.65. The third-order valence-corrected chi connectivity index (χ3v) is 7.97. The third-order valence-electron chi connectivity index (χ3n) is 7.97. The summed E-state index contributed by atoms with van der Waals surface area (Å²) in [5, 5.41) is 4.19. The van der Waals surface area contributed by atoms with Gasteiger partial charge in [0.15, 0.2) is 5.82 Å². The van der Waals surface area contributed by atoms with Crippen LogP contribution in [0, 0.1) is 36.3 Å². The topological polar surface area (TPSA) is 53.6 Å².